The zero-order valence-electron chi connectivity index (χ0n) is 8.74. The summed E-state index contributed by atoms with van der Waals surface area (Å²) in [6.45, 7) is 4.89. The van der Waals surface area contributed by atoms with Crippen LogP contribution in [0.3, 0.4) is 0 Å². The predicted molar refractivity (Wildman–Crippen MR) is 56.3 cm³/mol. The smallest absolute Gasteiger partial charge is 0.240 e. The number of alkyl halides is 1. The van der Waals surface area contributed by atoms with Gasteiger partial charge >= 0.3 is 0 Å². The number of nitrogens with zero attached hydrogens (tertiary/aromatic N) is 1. The lowest BCUT2D eigenvalue weighted by atomic mass is 9.93. The molecule has 1 fully saturated rings. The van der Waals surface area contributed by atoms with Crippen molar-refractivity contribution in [3.05, 3.63) is 0 Å². The number of piperidine rings is 1. The van der Waals surface area contributed by atoms with Gasteiger partial charge in [-0.15, -0.1) is 11.6 Å². The fourth-order valence-corrected chi connectivity index (χ4v) is 1.99. The topological polar surface area (TPSA) is 40.5 Å². The lowest BCUT2D eigenvalue weighted by molar-refractivity contribution is -0.133. The van der Waals surface area contributed by atoms with Crippen molar-refractivity contribution in [1.29, 1.82) is 0 Å². The first kappa shape index (κ1) is 11.8. The maximum atomic E-state index is 11.6. The van der Waals surface area contributed by atoms with Crippen LogP contribution in [0.1, 0.15) is 26.7 Å². The molecule has 1 aliphatic rings. The van der Waals surface area contributed by atoms with Gasteiger partial charge in [0.25, 0.3) is 0 Å². The van der Waals surface area contributed by atoms with Crippen LogP contribution in [0.4, 0.5) is 0 Å². The molecule has 4 heteroatoms. The van der Waals surface area contributed by atoms with Crippen LogP contribution in [0.25, 0.3) is 0 Å². The van der Waals surface area contributed by atoms with Gasteiger partial charge in [0.15, 0.2) is 0 Å². The molecule has 0 bridgehead atoms. The highest BCUT2D eigenvalue weighted by Gasteiger charge is 2.27. The maximum absolute atomic E-state index is 11.6. The van der Waals surface area contributed by atoms with Gasteiger partial charge in [0, 0.05) is 19.0 Å². The van der Waals surface area contributed by atoms with Crippen molar-refractivity contribution in [2.75, 3.05) is 13.1 Å². The van der Waals surface area contributed by atoms with E-state index in [-0.39, 0.29) is 17.9 Å². The summed E-state index contributed by atoms with van der Waals surface area (Å²) in [5, 5.41) is 8.99. The molecular weight excluding hydrogens is 202 g/mol. The van der Waals surface area contributed by atoms with Gasteiger partial charge in [0.1, 0.15) is 5.38 Å². The molecule has 1 aliphatic heterocycles. The molecule has 1 rings (SSSR count). The van der Waals surface area contributed by atoms with Gasteiger partial charge in [-0.2, -0.15) is 0 Å². The first-order chi connectivity index (χ1) is 6.52. The lowest BCUT2D eigenvalue weighted by Crippen LogP contribution is -2.45. The highest BCUT2D eigenvalue weighted by atomic mass is 35.5. The summed E-state index contributed by atoms with van der Waals surface area (Å²) < 4.78 is 0. The minimum Gasteiger partial charge on any atom is -0.393 e. The summed E-state index contributed by atoms with van der Waals surface area (Å²) in [6, 6.07) is 0. The van der Waals surface area contributed by atoms with Gasteiger partial charge in [0.05, 0.1) is 6.10 Å². The molecule has 0 spiro atoms. The van der Waals surface area contributed by atoms with E-state index < -0.39 is 5.38 Å². The summed E-state index contributed by atoms with van der Waals surface area (Å²) in [4.78, 5) is 13.3. The van der Waals surface area contributed by atoms with Crippen LogP contribution in [0.5, 0.6) is 0 Å². The highest BCUT2D eigenvalue weighted by molar-refractivity contribution is 6.30. The van der Waals surface area contributed by atoms with E-state index >= 15 is 0 Å². The molecule has 0 aromatic carbocycles. The van der Waals surface area contributed by atoms with E-state index in [0.717, 1.165) is 19.4 Å². The van der Waals surface area contributed by atoms with Crippen molar-refractivity contribution in [2.45, 2.75) is 38.2 Å². The third-order valence-corrected chi connectivity index (χ3v) is 2.98. The maximum Gasteiger partial charge on any atom is 0.240 e. The first-order valence-electron chi connectivity index (χ1n) is 5.13. The fourth-order valence-electron chi connectivity index (χ4n) is 1.86. The Hall–Kier alpha value is -0.280. The van der Waals surface area contributed by atoms with Crippen molar-refractivity contribution in [3.8, 4) is 0 Å². The van der Waals surface area contributed by atoms with E-state index in [1.54, 1.807) is 18.7 Å². The SMILES string of the molecule is C[C@H](Cl)C(=O)N1CCC[C@H]([C@@H](C)O)C1. The second-order valence-electron chi connectivity index (χ2n) is 4.04. The number of halogens is 1. The Labute approximate surface area is 90.0 Å². The van der Waals surface area contributed by atoms with E-state index in [4.69, 9.17) is 11.6 Å². The summed E-state index contributed by atoms with van der Waals surface area (Å²) in [5.74, 6) is 0.195. The number of aliphatic hydroxyl groups excluding tert-OH is 1. The van der Waals surface area contributed by atoms with Crippen LogP contribution in [-0.4, -0.2) is 40.5 Å². The molecule has 1 saturated heterocycles. The fraction of sp³-hybridized carbons (Fsp3) is 0.900. The molecule has 3 atom stereocenters. The number of hydrogen-bond acceptors (Lipinski definition) is 2. The number of likely N-dealkylation sites (tertiary alicyclic amines) is 1. The van der Waals surface area contributed by atoms with Gasteiger partial charge in [-0.3, -0.25) is 4.79 Å². The van der Waals surface area contributed by atoms with Gasteiger partial charge < -0.3 is 10.0 Å². The average molecular weight is 220 g/mol. The van der Waals surface area contributed by atoms with Gasteiger partial charge in [-0.05, 0) is 26.7 Å². The number of aliphatic hydroxyl groups is 1. The Kier molecular flexibility index (Phi) is 4.20. The molecular formula is C10H18ClNO2. The van der Waals surface area contributed by atoms with Crippen molar-refractivity contribution in [2.24, 2.45) is 5.92 Å². The van der Waals surface area contributed by atoms with Gasteiger partial charge in [0.2, 0.25) is 5.91 Å². The molecule has 0 aromatic rings. The van der Waals surface area contributed by atoms with Crippen LogP contribution in [-0.2, 0) is 4.79 Å². The Morgan fingerprint density at radius 3 is 2.71 bits per heavy atom. The van der Waals surface area contributed by atoms with Gasteiger partial charge in [-0.25, -0.2) is 0 Å². The predicted octanol–water partition coefficient (Wildman–Crippen LogP) is 1.23. The minimum atomic E-state index is -0.456. The van der Waals surface area contributed by atoms with Crippen molar-refractivity contribution >= 4 is 17.5 Å². The van der Waals surface area contributed by atoms with Gasteiger partial charge in [-0.1, -0.05) is 0 Å². The Balaban J connectivity index is 2.51. The summed E-state index contributed by atoms with van der Waals surface area (Å²) >= 11 is 5.74. The Bertz CT molecular complexity index is 206. The molecule has 3 nitrogen and oxygen atoms in total. The zero-order chi connectivity index (χ0) is 10.7. The summed E-state index contributed by atoms with van der Waals surface area (Å²) in [6.07, 6.45) is 1.62. The van der Waals surface area contributed by atoms with Crippen LogP contribution in [0.2, 0.25) is 0 Å². The molecule has 0 unspecified atom stereocenters. The second-order valence-corrected chi connectivity index (χ2v) is 4.70. The quantitative estimate of drug-likeness (QED) is 0.710. The Morgan fingerprint density at radius 2 is 2.21 bits per heavy atom. The summed E-state index contributed by atoms with van der Waals surface area (Å²) in [7, 11) is 0. The Morgan fingerprint density at radius 1 is 1.57 bits per heavy atom. The van der Waals surface area contributed by atoms with Crippen LogP contribution >= 0.6 is 11.6 Å². The molecule has 0 aliphatic carbocycles. The number of amides is 1. The number of carbonyl (C=O) groups is 1. The largest absolute Gasteiger partial charge is 0.393 e. The van der Waals surface area contributed by atoms with E-state index in [1.165, 1.54) is 0 Å². The van der Waals surface area contributed by atoms with Crippen LogP contribution in [0, 0.1) is 5.92 Å². The molecule has 82 valence electrons. The standard InChI is InChI=1S/C10H18ClNO2/c1-7(11)10(14)12-5-3-4-9(6-12)8(2)13/h7-9,13H,3-6H2,1-2H3/t7-,8+,9-/m0/s1. The van der Waals surface area contributed by atoms with Crippen LogP contribution < -0.4 is 0 Å². The zero-order valence-corrected chi connectivity index (χ0v) is 9.50. The molecule has 1 heterocycles. The van der Waals surface area contributed by atoms with E-state index in [1.807, 2.05) is 0 Å². The third kappa shape index (κ3) is 2.85. The molecule has 1 N–H and O–H groups in total. The summed E-state index contributed by atoms with van der Waals surface area (Å²) in [5.41, 5.74) is 0. The first-order valence-corrected chi connectivity index (χ1v) is 5.57. The van der Waals surface area contributed by atoms with E-state index in [9.17, 15) is 9.90 Å². The van der Waals surface area contributed by atoms with Crippen molar-refractivity contribution in [1.82, 2.24) is 4.90 Å². The second kappa shape index (κ2) is 4.99. The molecule has 0 saturated carbocycles. The molecule has 14 heavy (non-hydrogen) atoms. The van der Waals surface area contributed by atoms with E-state index in [0.29, 0.717) is 6.54 Å². The minimum absolute atomic E-state index is 0.0167. The average Bonchev–Trinajstić information content (AvgIpc) is 2.16. The van der Waals surface area contributed by atoms with E-state index in [2.05, 4.69) is 0 Å². The van der Waals surface area contributed by atoms with Crippen molar-refractivity contribution < 1.29 is 9.90 Å². The lowest BCUT2D eigenvalue weighted by Gasteiger charge is -2.34. The number of rotatable bonds is 2. The molecule has 1 amide bonds. The number of carbonyl (C=O) groups excluding carboxylic acids is 1. The normalized spacial score (nSPS) is 27.1. The number of hydrogen-bond donors (Lipinski definition) is 1. The van der Waals surface area contributed by atoms with Crippen molar-refractivity contribution in [3.63, 3.8) is 0 Å². The third-order valence-electron chi connectivity index (χ3n) is 2.79. The van der Waals surface area contributed by atoms with Crippen LogP contribution in [0.15, 0.2) is 0 Å². The highest BCUT2D eigenvalue weighted by Crippen LogP contribution is 2.20. The molecule has 0 radical (unpaired) electrons. The molecule has 0 aromatic heterocycles. The monoisotopic (exact) mass is 219 g/mol.